The van der Waals surface area contributed by atoms with Crippen molar-refractivity contribution < 1.29 is 56.4 Å². The Kier molecular flexibility index (Phi) is 13.2. The number of hydrogen-bond donors (Lipinski definition) is 4. The summed E-state index contributed by atoms with van der Waals surface area (Å²) >= 11 is 7.41. The number of phenolic OH excluding ortho intramolecular Hbond substituents is 1. The molecule has 2 aliphatic rings. The maximum Gasteiger partial charge on any atom is 0.497 e. The summed E-state index contributed by atoms with van der Waals surface area (Å²) in [6.45, 7) is 2.13. The predicted octanol–water partition coefficient (Wildman–Crippen LogP) is 6.36. The van der Waals surface area contributed by atoms with Crippen LogP contribution in [0.25, 0.3) is 0 Å². The lowest BCUT2D eigenvalue weighted by Crippen LogP contribution is -2.56. The van der Waals surface area contributed by atoms with Crippen molar-refractivity contribution >= 4 is 57.5 Å². The quantitative estimate of drug-likeness (QED) is 0.112. The van der Waals surface area contributed by atoms with E-state index in [9.17, 15) is 32.7 Å². The number of carboxylic acid groups (broad SMARTS) is 1. The molecule has 2 heterocycles. The van der Waals surface area contributed by atoms with Crippen molar-refractivity contribution in [3.8, 4) is 5.75 Å². The molecule has 3 amide bonds. The number of nitrogens with one attached hydrogen (secondary N) is 1. The van der Waals surface area contributed by atoms with Gasteiger partial charge in [-0.15, -0.1) is 0 Å². The molecule has 274 valence electrons. The smallest absolute Gasteiger partial charge is 0.497 e. The first-order valence-corrected chi connectivity index (χ1v) is 17.4. The van der Waals surface area contributed by atoms with Crippen LogP contribution in [0.5, 0.6) is 5.75 Å². The van der Waals surface area contributed by atoms with Crippen LogP contribution in [0.2, 0.25) is 5.02 Å². The molecule has 2 atom stereocenters. The minimum Gasteiger partial charge on any atom is -0.508 e. The van der Waals surface area contributed by atoms with Crippen LogP contribution < -0.4 is 11.1 Å². The van der Waals surface area contributed by atoms with E-state index in [1.54, 1.807) is 36.4 Å². The molecule has 3 aromatic rings. The fourth-order valence-electron chi connectivity index (χ4n) is 6.25. The first-order chi connectivity index (χ1) is 24.0. The van der Waals surface area contributed by atoms with Gasteiger partial charge in [-0.1, -0.05) is 47.2 Å². The average Bonchev–Trinajstić information content (AvgIpc) is 3.74. The molecule has 16 heteroatoms. The number of aliphatic carboxylic acids is 1. The Morgan fingerprint density at radius 2 is 1.73 bits per heavy atom. The summed E-state index contributed by atoms with van der Waals surface area (Å²) in [5, 5.41) is 21.0. The highest BCUT2D eigenvalue weighted by atomic mass is 35.5. The van der Waals surface area contributed by atoms with Crippen molar-refractivity contribution in [2.75, 3.05) is 25.5 Å². The molecule has 0 spiro atoms. The number of primary amides is 1. The topological polar surface area (TPSA) is 159 Å². The number of anilines is 1. The number of alkyl halides is 3. The number of piperidine rings is 1. The van der Waals surface area contributed by atoms with Gasteiger partial charge in [-0.05, 0) is 67.6 Å². The molecule has 0 radical (unpaired) electrons. The van der Waals surface area contributed by atoms with Gasteiger partial charge in [0.2, 0.25) is 0 Å². The molecule has 51 heavy (non-hydrogen) atoms. The maximum atomic E-state index is 14.1. The van der Waals surface area contributed by atoms with Crippen LogP contribution in [-0.4, -0.2) is 87.3 Å². The van der Waals surface area contributed by atoms with E-state index < -0.39 is 36.1 Å². The Balaban J connectivity index is 0.000000755. The van der Waals surface area contributed by atoms with Gasteiger partial charge in [0.25, 0.3) is 5.91 Å². The number of quaternary nitrogens is 1. The molecular formula is C35H40ClF3N4O7S+2. The molecular weight excluding hydrogens is 713 g/mol. The minimum atomic E-state index is -5.08. The number of carboxylic acids is 1. The van der Waals surface area contributed by atoms with E-state index in [-0.39, 0.29) is 18.3 Å². The van der Waals surface area contributed by atoms with Crippen molar-refractivity contribution in [1.29, 1.82) is 0 Å². The van der Waals surface area contributed by atoms with Gasteiger partial charge >= 0.3 is 24.1 Å². The minimum absolute atomic E-state index is 0.0589. The molecule has 11 nitrogen and oxygen atoms in total. The second-order valence-electron chi connectivity index (χ2n) is 12.8. The number of nitrogens with zero attached hydrogens (tertiary/aromatic N) is 2. The number of esters is 1. The number of halogens is 4. The highest BCUT2D eigenvalue weighted by molar-refractivity contribution is 7.18. The average molecular weight is 753 g/mol. The van der Waals surface area contributed by atoms with Gasteiger partial charge in [-0.3, -0.25) is 4.79 Å². The fourth-order valence-corrected chi connectivity index (χ4v) is 7.24. The van der Waals surface area contributed by atoms with E-state index in [0.29, 0.717) is 38.9 Å². The van der Waals surface area contributed by atoms with E-state index >= 15 is 0 Å². The second kappa shape index (κ2) is 17.2. The van der Waals surface area contributed by atoms with Gasteiger partial charge in [0.1, 0.15) is 35.5 Å². The third-order valence-electron chi connectivity index (χ3n) is 8.60. The van der Waals surface area contributed by atoms with Gasteiger partial charge in [0, 0.05) is 29.8 Å². The van der Waals surface area contributed by atoms with Crippen LogP contribution in [0.3, 0.4) is 0 Å². The molecule has 1 unspecified atom stereocenters. The lowest BCUT2D eigenvalue weighted by atomic mass is 10.0. The third-order valence-corrected chi connectivity index (χ3v) is 9.82. The number of urea groups is 1. The monoisotopic (exact) mass is 752 g/mol. The molecule has 5 rings (SSSR count). The SMILES string of the molecule is C[N+]1(Cc2cccc(Cl)c2)CCC/C(=[N+](/C(=O)Nc2ccc(C(=O)OC3CCCC3)s2)[C@@H](Cc2ccc(O)cc2)C(N)=O)C1.O=C(O)C(F)(F)F. The van der Waals surface area contributed by atoms with Crippen LogP contribution in [0, 0.1) is 0 Å². The first-order valence-electron chi connectivity index (χ1n) is 16.2. The highest BCUT2D eigenvalue weighted by Gasteiger charge is 2.40. The van der Waals surface area contributed by atoms with Crippen LogP contribution >= 0.6 is 22.9 Å². The number of aromatic hydroxyl groups is 1. The lowest BCUT2D eigenvalue weighted by Gasteiger charge is -2.38. The summed E-state index contributed by atoms with van der Waals surface area (Å²) in [5.41, 5.74) is 8.63. The fraction of sp³-hybridized carbons (Fsp3) is 0.400. The summed E-state index contributed by atoms with van der Waals surface area (Å²) < 4.78 is 39.5. The number of carbonyl (C=O) groups is 4. The van der Waals surface area contributed by atoms with Crippen LogP contribution in [0.4, 0.5) is 23.0 Å². The number of hydrogen-bond acceptors (Lipinski definition) is 7. The lowest BCUT2D eigenvalue weighted by molar-refractivity contribution is -0.918. The number of amides is 3. The largest absolute Gasteiger partial charge is 0.508 e. The summed E-state index contributed by atoms with van der Waals surface area (Å²) in [4.78, 5) is 49.1. The number of ether oxygens (including phenoxy) is 1. The van der Waals surface area contributed by atoms with E-state index in [2.05, 4.69) is 12.4 Å². The molecule has 2 aromatic carbocycles. The number of thiophene rings is 1. The molecule has 1 saturated heterocycles. The molecule has 1 saturated carbocycles. The van der Waals surface area contributed by atoms with E-state index in [4.69, 9.17) is 32.0 Å². The van der Waals surface area contributed by atoms with Crippen LogP contribution in [0.1, 0.15) is 59.3 Å². The van der Waals surface area contributed by atoms with Crippen molar-refractivity contribution in [3.05, 3.63) is 81.7 Å². The van der Waals surface area contributed by atoms with E-state index in [1.165, 1.54) is 4.58 Å². The standard InChI is InChI=1S/C33H37ClN4O5S.C2HF3O2/c1-38(20-23-6-4-7-24(34)18-23)17-5-8-25(21-38)37(28(31(35)40)19-22-11-13-26(39)14-12-22)33(42)36-30-16-15-29(44-30)32(41)43-27-9-2-3-10-27;3-2(4,5)1(6)7/h4,6-7,11-16,18,27-28H,2-3,5,8-10,17,19-21H2,1H3,(H2-2,35,36,39,40,41,42);(H,6,7)/p+2/b37-25-;/t28-,38?;/m0./s1. The third kappa shape index (κ3) is 11.5. The summed E-state index contributed by atoms with van der Waals surface area (Å²) in [6, 6.07) is 16.1. The van der Waals surface area contributed by atoms with Crippen LogP contribution in [0.15, 0.2) is 60.7 Å². The summed E-state index contributed by atoms with van der Waals surface area (Å²) in [5.74, 6) is -3.68. The second-order valence-corrected chi connectivity index (χ2v) is 14.3. The number of rotatable bonds is 9. The Morgan fingerprint density at radius 3 is 2.33 bits per heavy atom. The molecule has 1 aromatic heterocycles. The zero-order valence-corrected chi connectivity index (χ0v) is 29.4. The summed E-state index contributed by atoms with van der Waals surface area (Å²) in [6.07, 6.45) is 0.332. The molecule has 0 bridgehead atoms. The Morgan fingerprint density at radius 1 is 1.06 bits per heavy atom. The van der Waals surface area contributed by atoms with Gasteiger partial charge in [-0.2, -0.15) is 27.9 Å². The van der Waals surface area contributed by atoms with Gasteiger partial charge in [-0.25, -0.2) is 9.59 Å². The predicted molar refractivity (Wildman–Crippen MR) is 185 cm³/mol. The maximum absolute atomic E-state index is 14.1. The van der Waals surface area contributed by atoms with Crippen LogP contribution in [-0.2, 0) is 27.3 Å². The molecule has 5 N–H and O–H groups in total. The normalized spacial score (nSPS) is 19.3. The Bertz CT molecular complexity index is 1760. The number of carbonyl (C=O) groups excluding carboxylic acids is 3. The first kappa shape index (κ1) is 39.3. The van der Waals surface area contributed by atoms with Gasteiger partial charge in [0.15, 0.2) is 11.0 Å². The zero-order chi connectivity index (χ0) is 37.3. The van der Waals surface area contributed by atoms with E-state index in [0.717, 1.165) is 66.8 Å². The summed E-state index contributed by atoms with van der Waals surface area (Å²) in [7, 11) is 2.14. The number of likely N-dealkylation sites (tertiary alicyclic amines) is 1. The Hall–Kier alpha value is -4.47. The zero-order valence-electron chi connectivity index (χ0n) is 27.8. The highest BCUT2D eigenvalue weighted by Crippen LogP contribution is 2.28. The van der Waals surface area contributed by atoms with Crippen molar-refractivity contribution in [3.63, 3.8) is 0 Å². The van der Waals surface area contributed by atoms with Gasteiger partial charge < -0.3 is 25.2 Å². The van der Waals surface area contributed by atoms with Crippen molar-refractivity contribution in [2.24, 2.45) is 5.73 Å². The van der Waals surface area contributed by atoms with E-state index in [1.807, 2.05) is 24.3 Å². The molecule has 1 aliphatic carbocycles. The molecule has 1 aliphatic heterocycles. The number of phenols is 1. The van der Waals surface area contributed by atoms with Gasteiger partial charge in [0.05, 0.1) is 13.6 Å². The molecule has 2 fully saturated rings. The van der Waals surface area contributed by atoms with Crippen molar-refractivity contribution in [2.45, 2.75) is 69.8 Å². The number of benzene rings is 2. The van der Waals surface area contributed by atoms with Crippen molar-refractivity contribution in [1.82, 2.24) is 0 Å². The number of nitrogens with two attached hydrogens (primary N) is 1. The Labute approximate surface area is 301 Å².